The van der Waals surface area contributed by atoms with Crippen LogP contribution in [0.2, 0.25) is 5.02 Å². The first-order chi connectivity index (χ1) is 6.22. The molecule has 0 aromatic heterocycles. The number of ketones is 1. The van der Waals surface area contributed by atoms with Crippen LogP contribution in [0.25, 0.3) is 0 Å². The van der Waals surface area contributed by atoms with Gasteiger partial charge in [-0.1, -0.05) is 17.7 Å². The molecule has 70 valence electrons. The predicted octanol–water partition coefficient (Wildman–Crippen LogP) is 1.25. The highest BCUT2D eigenvalue weighted by molar-refractivity contribution is 6.30. The van der Waals surface area contributed by atoms with Crippen molar-refractivity contribution in [3.05, 3.63) is 29.3 Å². The van der Waals surface area contributed by atoms with Gasteiger partial charge in [-0.15, -0.1) is 0 Å². The molecule has 3 nitrogen and oxygen atoms in total. The van der Waals surface area contributed by atoms with Crippen LogP contribution in [0.3, 0.4) is 0 Å². The topological polar surface area (TPSA) is 52.3 Å². The smallest absolute Gasteiger partial charge is 0.183 e. The van der Waals surface area contributed by atoms with E-state index in [2.05, 4.69) is 0 Å². The van der Waals surface area contributed by atoms with Crippen molar-refractivity contribution in [1.29, 1.82) is 0 Å². The molecule has 0 atom stereocenters. The standard InChI is InChI=1S/C9H10ClNO2/c10-7-2-1-3-9(4-7)13-6-8(12)5-11/h1-4H,5-6,11H2. The molecule has 0 saturated heterocycles. The molecule has 0 heterocycles. The molecule has 0 saturated carbocycles. The first-order valence-electron chi connectivity index (χ1n) is 3.82. The molecule has 4 heteroatoms. The van der Waals surface area contributed by atoms with E-state index in [9.17, 15) is 4.79 Å². The molecule has 2 N–H and O–H groups in total. The molecular weight excluding hydrogens is 190 g/mol. The van der Waals surface area contributed by atoms with Gasteiger partial charge in [0.1, 0.15) is 12.4 Å². The van der Waals surface area contributed by atoms with Gasteiger partial charge in [-0.25, -0.2) is 0 Å². The van der Waals surface area contributed by atoms with Crippen LogP contribution in [-0.2, 0) is 4.79 Å². The minimum atomic E-state index is -0.139. The van der Waals surface area contributed by atoms with Crippen molar-refractivity contribution in [1.82, 2.24) is 0 Å². The summed E-state index contributed by atoms with van der Waals surface area (Å²) in [5.41, 5.74) is 5.11. The number of carbonyl (C=O) groups is 1. The predicted molar refractivity (Wildman–Crippen MR) is 51.0 cm³/mol. The quantitative estimate of drug-likeness (QED) is 0.794. The summed E-state index contributed by atoms with van der Waals surface area (Å²) < 4.78 is 5.13. The van der Waals surface area contributed by atoms with Gasteiger partial charge < -0.3 is 10.5 Å². The second-order valence-corrected chi connectivity index (χ2v) is 2.93. The Hall–Kier alpha value is -1.06. The van der Waals surface area contributed by atoms with Crippen molar-refractivity contribution < 1.29 is 9.53 Å². The summed E-state index contributed by atoms with van der Waals surface area (Å²) in [7, 11) is 0. The Labute approximate surface area is 81.4 Å². The van der Waals surface area contributed by atoms with Gasteiger partial charge in [0.05, 0.1) is 6.54 Å². The SMILES string of the molecule is NCC(=O)COc1cccc(Cl)c1. The first kappa shape index (κ1) is 10.0. The van der Waals surface area contributed by atoms with E-state index in [1.165, 1.54) is 0 Å². The number of ether oxygens (including phenoxy) is 1. The van der Waals surface area contributed by atoms with Crippen molar-refractivity contribution in [2.45, 2.75) is 0 Å². The molecule has 0 radical (unpaired) electrons. The van der Waals surface area contributed by atoms with Gasteiger partial charge in [0.25, 0.3) is 0 Å². The Balaban J connectivity index is 2.50. The minimum absolute atomic E-state index is 0.000561. The lowest BCUT2D eigenvalue weighted by atomic mass is 10.3. The zero-order chi connectivity index (χ0) is 9.68. The second kappa shape index (κ2) is 4.84. The van der Waals surface area contributed by atoms with Crippen molar-refractivity contribution in [2.24, 2.45) is 5.73 Å². The average molecular weight is 200 g/mol. The third-order valence-corrected chi connectivity index (χ3v) is 1.66. The Kier molecular flexibility index (Phi) is 3.73. The largest absolute Gasteiger partial charge is 0.486 e. The van der Waals surface area contributed by atoms with Gasteiger partial charge in [-0.3, -0.25) is 4.79 Å². The number of hydrogen-bond donors (Lipinski definition) is 1. The molecule has 0 amide bonds. The number of rotatable bonds is 4. The first-order valence-corrected chi connectivity index (χ1v) is 4.20. The van der Waals surface area contributed by atoms with E-state index in [4.69, 9.17) is 22.1 Å². The van der Waals surface area contributed by atoms with Gasteiger partial charge in [0.15, 0.2) is 5.78 Å². The molecule has 0 aliphatic rings. The van der Waals surface area contributed by atoms with E-state index in [0.29, 0.717) is 10.8 Å². The van der Waals surface area contributed by atoms with Crippen LogP contribution in [0.5, 0.6) is 5.75 Å². The number of halogens is 1. The average Bonchev–Trinajstić information content (AvgIpc) is 2.14. The van der Waals surface area contributed by atoms with Crippen LogP contribution in [0.4, 0.5) is 0 Å². The molecule has 0 fully saturated rings. The van der Waals surface area contributed by atoms with Crippen LogP contribution < -0.4 is 10.5 Å². The third kappa shape index (κ3) is 3.44. The number of carbonyl (C=O) groups excluding carboxylic acids is 1. The molecule has 0 aliphatic carbocycles. The Morgan fingerprint density at radius 3 is 2.92 bits per heavy atom. The fraction of sp³-hybridized carbons (Fsp3) is 0.222. The number of hydrogen-bond acceptors (Lipinski definition) is 3. The van der Waals surface area contributed by atoms with Crippen molar-refractivity contribution >= 4 is 17.4 Å². The number of Topliss-reactive ketones (excluding diaryl/α,β-unsaturated/α-hetero) is 1. The van der Waals surface area contributed by atoms with E-state index < -0.39 is 0 Å². The maximum Gasteiger partial charge on any atom is 0.183 e. The maximum atomic E-state index is 10.8. The monoisotopic (exact) mass is 199 g/mol. The minimum Gasteiger partial charge on any atom is -0.486 e. The van der Waals surface area contributed by atoms with Crippen molar-refractivity contribution in [3.8, 4) is 5.75 Å². The lowest BCUT2D eigenvalue weighted by molar-refractivity contribution is -0.119. The van der Waals surface area contributed by atoms with Gasteiger partial charge in [0.2, 0.25) is 0 Å². The highest BCUT2D eigenvalue weighted by Crippen LogP contribution is 2.16. The molecule has 0 unspecified atom stereocenters. The van der Waals surface area contributed by atoms with Crippen LogP contribution >= 0.6 is 11.6 Å². The molecule has 0 spiro atoms. The van der Waals surface area contributed by atoms with Crippen molar-refractivity contribution in [2.75, 3.05) is 13.2 Å². The Morgan fingerprint density at radius 2 is 2.31 bits per heavy atom. The maximum absolute atomic E-state index is 10.8. The number of benzene rings is 1. The van der Waals surface area contributed by atoms with Crippen molar-refractivity contribution in [3.63, 3.8) is 0 Å². The summed E-state index contributed by atoms with van der Waals surface area (Å²) in [5, 5.41) is 0.581. The van der Waals surface area contributed by atoms with Crippen LogP contribution in [0.1, 0.15) is 0 Å². The lowest BCUT2D eigenvalue weighted by Gasteiger charge is -2.03. The van der Waals surface area contributed by atoms with E-state index in [1.807, 2.05) is 0 Å². The van der Waals surface area contributed by atoms with Crippen LogP contribution in [0, 0.1) is 0 Å². The van der Waals surface area contributed by atoms with Crippen LogP contribution in [-0.4, -0.2) is 18.9 Å². The molecular formula is C9H10ClNO2. The lowest BCUT2D eigenvalue weighted by Crippen LogP contribution is -2.20. The molecule has 1 aromatic rings. The highest BCUT2D eigenvalue weighted by atomic mass is 35.5. The summed E-state index contributed by atoms with van der Waals surface area (Å²) in [6.07, 6.45) is 0. The fourth-order valence-corrected chi connectivity index (χ4v) is 0.960. The summed E-state index contributed by atoms with van der Waals surface area (Å²) in [5.74, 6) is 0.439. The molecule has 0 bridgehead atoms. The van der Waals surface area contributed by atoms with E-state index in [1.54, 1.807) is 24.3 Å². The summed E-state index contributed by atoms with van der Waals surface area (Å²) >= 11 is 5.70. The molecule has 1 aromatic carbocycles. The normalized spacial score (nSPS) is 9.69. The zero-order valence-corrected chi connectivity index (χ0v) is 7.75. The van der Waals surface area contributed by atoms with E-state index in [-0.39, 0.29) is 18.9 Å². The van der Waals surface area contributed by atoms with E-state index >= 15 is 0 Å². The van der Waals surface area contributed by atoms with Gasteiger partial charge >= 0.3 is 0 Å². The van der Waals surface area contributed by atoms with Gasteiger partial charge in [0, 0.05) is 5.02 Å². The zero-order valence-electron chi connectivity index (χ0n) is 7.00. The Bertz CT molecular complexity index is 301. The molecule has 0 aliphatic heterocycles. The Morgan fingerprint density at radius 1 is 1.54 bits per heavy atom. The fourth-order valence-electron chi connectivity index (χ4n) is 0.780. The second-order valence-electron chi connectivity index (χ2n) is 2.49. The summed E-state index contributed by atoms with van der Waals surface area (Å²) in [4.78, 5) is 10.8. The number of nitrogens with two attached hydrogens (primary N) is 1. The third-order valence-electron chi connectivity index (χ3n) is 1.42. The summed E-state index contributed by atoms with van der Waals surface area (Å²) in [6.45, 7) is -0.00257. The summed E-state index contributed by atoms with van der Waals surface area (Å²) in [6, 6.07) is 6.87. The van der Waals surface area contributed by atoms with E-state index in [0.717, 1.165) is 0 Å². The van der Waals surface area contributed by atoms with Gasteiger partial charge in [-0.05, 0) is 18.2 Å². The molecule has 13 heavy (non-hydrogen) atoms. The highest BCUT2D eigenvalue weighted by Gasteiger charge is 1.99. The van der Waals surface area contributed by atoms with Gasteiger partial charge in [-0.2, -0.15) is 0 Å². The molecule has 1 rings (SSSR count). The van der Waals surface area contributed by atoms with Crippen LogP contribution in [0.15, 0.2) is 24.3 Å².